The minimum atomic E-state index is -3.97. The lowest BCUT2D eigenvalue weighted by atomic mass is 10.2. The molecule has 1 unspecified atom stereocenters. The highest BCUT2D eigenvalue weighted by atomic mass is 32.2. The van der Waals surface area contributed by atoms with Crippen molar-refractivity contribution in [1.82, 2.24) is 9.62 Å². The van der Waals surface area contributed by atoms with Gasteiger partial charge in [0.1, 0.15) is 10.6 Å². The van der Waals surface area contributed by atoms with E-state index in [2.05, 4.69) is 5.32 Å². The number of carbonyl (C=O) groups excluding carboxylic acids is 2. The molecule has 0 fully saturated rings. The van der Waals surface area contributed by atoms with Gasteiger partial charge in [-0.1, -0.05) is 37.3 Å². The van der Waals surface area contributed by atoms with Gasteiger partial charge in [-0.25, -0.2) is 13.2 Å². The molecule has 0 aliphatic heterocycles. The number of hydrogen-bond donors (Lipinski definition) is 1. The first-order valence-corrected chi connectivity index (χ1v) is 11.3. The molecule has 1 N–H and O–H groups in total. The molecule has 0 saturated carbocycles. The van der Waals surface area contributed by atoms with E-state index < -0.39 is 28.5 Å². The van der Waals surface area contributed by atoms with Crippen LogP contribution in [-0.4, -0.2) is 51.4 Å². The van der Waals surface area contributed by atoms with Gasteiger partial charge in [-0.15, -0.1) is 0 Å². The number of rotatable bonds is 10. The topological polar surface area (TPSA) is 102 Å². The van der Waals surface area contributed by atoms with Gasteiger partial charge in [0.05, 0.1) is 12.7 Å². The SMILES string of the molecule is CCC(C)NC(=O)COC(=O)c1ccc(OC)c(S(=O)(=O)N(C)Cc2ccccc2)c1. The van der Waals surface area contributed by atoms with Crippen LogP contribution in [0, 0.1) is 0 Å². The maximum Gasteiger partial charge on any atom is 0.338 e. The summed E-state index contributed by atoms with van der Waals surface area (Å²) in [6.45, 7) is 3.46. The van der Waals surface area contributed by atoms with E-state index in [9.17, 15) is 18.0 Å². The van der Waals surface area contributed by atoms with Gasteiger partial charge in [-0.05, 0) is 37.1 Å². The van der Waals surface area contributed by atoms with E-state index in [0.717, 1.165) is 12.0 Å². The predicted octanol–water partition coefficient (Wildman–Crippen LogP) is 2.59. The molecule has 8 nitrogen and oxygen atoms in total. The highest BCUT2D eigenvalue weighted by Crippen LogP contribution is 2.28. The van der Waals surface area contributed by atoms with E-state index in [1.54, 1.807) is 0 Å². The third kappa shape index (κ3) is 6.53. The van der Waals surface area contributed by atoms with Gasteiger partial charge in [0.15, 0.2) is 6.61 Å². The number of carbonyl (C=O) groups is 2. The van der Waals surface area contributed by atoms with Crippen molar-refractivity contribution in [2.75, 3.05) is 20.8 Å². The number of nitrogens with zero attached hydrogens (tertiary/aromatic N) is 1. The van der Waals surface area contributed by atoms with Gasteiger partial charge in [0.2, 0.25) is 10.0 Å². The fraction of sp³-hybridized carbons (Fsp3) is 0.364. The fourth-order valence-corrected chi connectivity index (χ4v) is 4.07. The number of nitrogens with one attached hydrogen (secondary N) is 1. The summed E-state index contributed by atoms with van der Waals surface area (Å²) in [7, 11) is -1.16. The molecule has 0 aliphatic carbocycles. The van der Waals surface area contributed by atoms with Crippen molar-refractivity contribution in [3.05, 3.63) is 59.7 Å². The first-order valence-electron chi connectivity index (χ1n) is 9.83. The van der Waals surface area contributed by atoms with Gasteiger partial charge in [-0.3, -0.25) is 4.79 Å². The van der Waals surface area contributed by atoms with E-state index in [1.807, 2.05) is 44.2 Å². The lowest BCUT2D eigenvalue weighted by Gasteiger charge is -2.19. The standard InChI is InChI=1S/C22H28N2O6S/c1-5-16(2)23-21(25)15-30-22(26)18-11-12-19(29-4)20(13-18)31(27,28)24(3)14-17-9-7-6-8-10-17/h6-13,16H,5,14-15H2,1-4H3,(H,23,25). The van der Waals surface area contributed by atoms with Crippen molar-refractivity contribution in [3.63, 3.8) is 0 Å². The summed E-state index contributed by atoms with van der Waals surface area (Å²) in [4.78, 5) is 24.1. The number of sulfonamides is 1. The normalized spacial score (nSPS) is 12.3. The Morgan fingerprint density at radius 3 is 2.42 bits per heavy atom. The van der Waals surface area contributed by atoms with Crippen molar-refractivity contribution in [1.29, 1.82) is 0 Å². The molecule has 31 heavy (non-hydrogen) atoms. The zero-order valence-corrected chi connectivity index (χ0v) is 18.9. The van der Waals surface area contributed by atoms with Gasteiger partial charge in [0, 0.05) is 19.6 Å². The van der Waals surface area contributed by atoms with Gasteiger partial charge < -0.3 is 14.8 Å². The number of ether oxygens (including phenoxy) is 2. The van der Waals surface area contributed by atoms with Crippen LogP contribution in [0.4, 0.5) is 0 Å². The summed E-state index contributed by atoms with van der Waals surface area (Å²) in [5.41, 5.74) is 0.819. The van der Waals surface area contributed by atoms with Crippen LogP contribution in [0.2, 0.25) is 0 Å². The lowest BCUT2D eigenvalue weighted by molar-refractivity contribution is -0.124. The molecule has 0 saturated heterocycles. The van der Waals surface area contributed by atoms with Crippen LogP contribution in [0.1, 0.15) is 36.2 Å². The average Bonchev–Trinajstić information content (AvgIpc) is 2.77. The third-order valence-electron chi connectivity index (χ3n) is 4.69. The third-order valence-corrected chi connectivity index (χ3v) is 6.51. The van der Waals surface area contributed by atoms with Crippen molar-refractivity contribution in [2.45, 2.75) is 37.8 Å². The summed E-state index contributed by atoms with van der Waals surface area (Å²) >= 11 is 0. The Morgan fingerprint density at radius 1 is 1.13 bits per heavy atom. The molecule has 168 valence electrons. The lowest BCUT2D eigenvalue weighted by Crippen LogP contribution is -2.35. The van der Waals surface area contributed by atoms with Crippen LogP contribution in [0.3, 0.4) is 0 Å². The van der Waals surface area contributed by atoms with E-state index in [1.165, 1.54) is 36.7 Å². The van der Waals surface area contributed by atoms with E-state index in [4.69, 9.17) is 9.47 Å². The number of benzene rings is 2. The van der Waals surface area contributed by atoms with Gasteiger partial charge in [-0.2, -0.15) is 4.31 Å². The summed E-state index contributed by atoms with van der Waals surface area (Å²) < 4.78 is 37.7. The summed E-state index contributed by atoms with van der Waals surface area (Å²) in [5, 5.41) is 2.69. The van der Waals surface area contributed by atoms with Crippen molar-refractivity contribution in [3.8, 4) is 5.75 Å². The highest BCUT2D eigenvalue weighted by Gasteiger charge is 2.27. The largest absolute Gasteiger partial charge is 0.495 e. The van der Waals surface area contributed by atoms with E-state index >= 15 is 0 Å². The number of hydrogen-bond acceptors (Lipinski definition) is 6. The zero-order valence-electron chi connectivity index (χ0n) is 18.1. The van der Waals surface area contributed by atoms with Crippen molar-refractivity contribution < 1.29 is 27.5 Å². The molecule has 0 aliphatic rings. The van der Waals surface area contributed by atoms with Crippen molar-refractivity contribution >= 4 is 21.9 Å². The first-order chi connectivity index (χ1) is 14.7. The van der Waals surface area contributed by atoms with Crippen LogP contribution in [0.15, 0.2) is 53.4 Å². The Bertz CT molecular complexity index is 1010. The maximum atomic E-state index is 13.1. The second-order valence-corrected chi connectivity index (χ2v) is 9.08. The summed E-state index contributed by atoms with van der Waals surface area (Å²) in [5.74, 6) is -1.12. The molecule has 1 amide bonds. The van der Waals surface area contributed by atoms with Crippen LogP contribution in [-0.2, 0) is 26.1 Å². The molecule has 2 aromatic rings. The van der Waals surface area contributed by atoms with E-state index in [-0.39, 0.29) is 28.8 Å². The number of methoxy groups -OCH3 is 1. The molecule has 2 rings (SSSR count). The van der Waals surface area contributed by atoms with Gasteiger partial charge >= 0.3 is 5.97 Å². The molecule has 9 heteroatoms. The second-order valence-electron chi connectivity index (χ2n) is 7.07. The Morgan fingerprint density at radius 2 is 1.81 bits per heavy atom. The Hall–Kier alpha value is -2.91. The summed E-state index contributed by atoms with van der Waals surface area (Å²) in [6, 6.07) is 13.1. The molecule has 0 spiro atoms. The Balaban J connectivity index is 2.20. The zero-order chi connectivity index (χ0) is 23.0. The molecule has 0 radical (unpaired) electrons. The second kappa shape index (κ2) is 10.9. The average molecular weight is 449 g/mol. The fourth-order valence-electron chi connectivity index (χ4n) is 2.73. The van der Waals surface area contributed by atoms with Gasteiger partial charge in [0.25, 0.3) is 5.91 Å². The molecular formula is C22H28N2O6S. The predicted molar refractivity (Wildman–Crippen MR) is 116 cm³/mol. The maximum absolute atomic E-state index is 13.1. The molecule has 0 aromatic heterocycles. The Labute approximate surface area is 183 Å². The monoisotopic (exact) mass is 448 g/mol. The van der Waals surface area contributed by atoms with Crippen LogP contribution in [0.5, 0.6) is 5.75 Å². The molecule has 0 bridgehead atoms. The smallest absolute Gasteiger partial charge is 0.338 e. The highest BCUT2D eigenvalue weighted by molar-refractivity contribution is 7.89. The van der Waals surface area contributed by atoms with Crippen LogP contribution >= 0.6 is 0 Å². The molecule has 1 atom stereocenters. The number of amides is 1. The number of esters is 1. The Kier molecular flexibility index (Phi) is 8.58. The first kappa shape index (κ1) is 24.4. The summed E-state index contributed by atoms with van der Waals surface area (Å²) in [6.07, 6.45) is 0.746. The van der Waals surface area contributed by atoms with Crippen LogP contribution < -0.4 is 10.1 Å². The molecular weight excluding hydrogens is 420 g/mol. The quantitative estimate of drug-likeness (QED) is 0.561. The molecule has 2 aromatic carbocycles. The van der Waals surface area contributed by atoms with E-state index in [0.29, 0.717) is 0 Å². The minimum Gasteiger partial charge on any atom is -0.495 e. The van der Waals surface area contributed by atoms with Crippen LogP contribution in [0.25, 0.3) is 0 Å². The molecule has 0 heterocycles. The van der Waals surface area contributed by atoms with Crippen molar-refractivity contribution in [2.24, 2.45) is 0 Å². The minimum absolute atomic E-state index is 0.00354.